The normalized spacial score (nSPS) is 20.3. The van der Waals surface area contributed by atoms with Crippen LogP contribution in [-0.2, 0) is 4.79 Å². The Kier molecular flexibility index (Phi) is 3.81. The van der Waals surface area contributed by atoms with E-state index in [-0.39, 0.29) is 17.1 Å². The number of benzene rings is 2. The predicted molar refractivity (Wildman–Crippen MR) is 105 cm³/mol. The van der Waals surface area contributed by atoms with Gasteiger partial charge in [-0.15, -0.1) is 0 Å². The number of hydrogen-bond acceptors (Lipinski definition) is 4. The maximum atomic E-state index is 13.1. The van der Waals surface area contributed by atoms with Crippen molar-refractivity contribution in [2.24, 2.45) is 16.6 Å². The van der Waals surface area contributed by atoms with Crippen molar-refractivity contribution >= 4 is 22.5 Å². The van der Waals surface area contributed by atoms with Crippen LogP contribution < -0.4 is 10.5 Å². The fraction of sp³-hybridized carbons (Fsp3) is 0.364. The van der Waals surface area contributed by atoms with Crippen molar-refractivity contribution in [3.05, 3.63) is 53.7 Å². The predicted octanol–water partition coefficient (Wildman–Crippen LogP) is 3.13. The number of carbonyl (C=O) groups is 2. The first kappa shape index (κ1) is 17.6. The molecule has 140 valence electrons. The molecule has 0 unspecified atom stereocenters. The summed E-state index contributed by atoms with van der Waals surface area (Å²) in [4.78, 5) is 27.1. The van der Waals surface area contributed by atoms with E-state index in [4.69, 9.17) is 10.5 Å². The minimum atomic E-state index is -0.491. The van der Waals surface area contributed by atoms with E-state index >= 15 is 0 Å². The molecule has 0 atom stereocenters. The lowest BCUT2D eigenvalue weighted by Gasteiger charge is -2.53. The number of ketones is 1. The minimum Gasteiger partial charge on any atom is -0.496 e. The first-order valence-corrected chi connectivity index (χ1v) is 9.14. The highest BCUT2D eigenvalue weighted by molar-refractivity contribution is 6.03. The van der Waals surface area contributed by atoms with Crippen LogP contribution in [0.25, 0.3) is 10.8 Å². The van der Waals surface area contributed by atoms with Crippen molar-refractivity contribution in [3.63, 3.8) is 0 Å². The molecule has 1 amide bonds. The van der Waals surface area contributed by atoms with Crippen LogP contribution in [-0.4, -0.2) is 36.8 Å². The number of amides is 1. The van der Waals surface area contributed by atoms with Gasteiger partial charge in [0.1, 0.15) is 5.75 Å². The molecule has 0 aromatic heterocycles. The van der Waals surface area contributed by atoms with E-state index in [0.29, 0.717) is 36.5 Å². The van der Waals surface area contributed by atoms with Crippen molar-refractivity contribution in [3.8, 4) is 5.75 Å². The van der Waals surface area contributed by atoms with E-state index in [1.165, 1.54) is 0 Å². The Bertz CT molecular complexity index is 984. The van der Waals surface area contributed by atoms with Gasteiger partial charge >= 0.3 is 0 Å². The van der Waals surface area contributed by atoms with Crippen LogP contribution >= 0.6 is 0 Å². The molecule has 1 aliphatic carbocycles. The van der Waals surface area contributed by atoms with Crippen LogP contribution in [0.5, 0.6) is 5.75 Å². The first-order chi connectivity index (χ1) is 12.7. The molecule has 4 rings (SSSR count). The number of nitrogens with two attached hydrogens (primary N) is 1. The van der Waals surface area contributed by atoms with Gasteiger partial charge in [-0.3, -0.25) is 9.59 Å². The number of carbonyl (C=O) groups excluding carboxylic acids is 2. The number of Topliss-reactive ketones (excluding diaryl/α,β-unsaturated/α-hetero) is 1. The van der Waals surface area contributed by atoms with Crippen LogP contribution in [0, 0.1) is 10.8 Å². The molecular formula is C22H24N2O3. The fourth-order valence-corrected chi connectivity index (χ4v) is 4.58. The van der Waals surface area contributed by atoms with Crippen molar-refractivity contribution in [1.29, 1.82) is 0 Å². The molecule has 0 saturated carbocycles. The molecule has 1 spiro atoms. The molecule has 0 radical (unpaired) electrons. The average molecular weight is 364 g/mol. The quantitative estimate of drug-likeness (QED) is 0.889. The number of fused-ring (bicyclic) bond motifs is 1. The van der Waals surface area contributed by atoms with Crippen molar-refractivity contribution in [2.45, 2.75) is 20.3 Å². The SMILES string of the molecule is COc1cc2ccccc2cc1C(=O)N1CC2(C=C(N)C(=O)C(C)(C)C2)C1. The fourth-order valence-electron chi connectivity index (χ4n) is 4.58. The van der Waals surface area contributed by atoms with Gasteiger partial charge in [-0.1, -0.05) is 38.1 Å². The van der Waals surface area contributed by atoms with Crippen LogP contribution in [0.4, 0.5) is 0 Å². The number of allylic oxidation sites excluding steroid dienone is 1. The third-order valence-corrected chi connectivity index (χ3v) is 5.73. The summed E-state index contributed by atoms with van der Waals surface area (Å²) in [6.07, 6.45) is 2.57. The standard InChI is InChI=1S/C22H24N2O3/c1-21(2)11-22(10-17(23)19(21)25)12-24(13-22)20(26)16-8-14-6-4-5-7-15(14)9-18(16)27-3/h4-10H,11-13,23H2,1-3H3. The van der Waals surface area contributed by atoms with Gasteiger partial charge in [-0.2, -0.15) is 0 Å². The van der Waals surface area contributed by atoms with Crippen molar-refractivity contribution < 1.29 is 14.3 Å². The Morgan fingerprint density at radius 2 is 1.78 bits per heavy atom. The molecule has 1 fully saturated rings. The Labute approximate surface area is 158 Å². The van der Waals surface area contributed by atoms with Crippen LogP contribution in [0.3, 0.4) is 0 Å². The number of likely N-dealkylation sites (tertiary alicyclic amines) is 1. The number of rotatable bonds is 2. The Hall–Kier alpha value is -2.82. The monoisotopic (exact) mass is 364 g/mol. The molecule has 27 heavy (non-hydrogen) atoms. The lowest BCUT2D eigenvalue weighted by atomic mass is 9.62. The number of ether oxygens (including phenoxy) is 1. The zero-order valence-corrected chi connectivity index (χ0v) is 15.9. The summed E-state index contributed by atoms with van der Waals surface area (Å²) in [6, 6.07) is 11.7. The molecule has 5 nitrogen and oxygen atoms in total. The van der Waals surface area contributed by atoms with Crippen molar-refractivity contribution in [1.82, 2.24) is 4.90 Å². The van der Waals surface area contributed by atoms with Gasteiger partial charge in [0.05, 0.1) is 18.4 Å². The van der Waals surface area contributed by atoms with E-state index < -0.39 is 5.41 Å². The van der Waals surface area contributed by atoms with Gasteiger partial charge in [-0.05, 0) is 35.4 Å². The van der Waals surface area contributed by atoms with Gasteiger partial charge in [0.2, 0.25) is 0 Å². The second kappa shape index (κ2) is 5.84. The van der Waals surface area contributed by atoms with Gasteiger partial charge in [0.25, 0.3) is 5.91 Å². The highest BCUT2D eigenvalue weighted by Gasteiger charge is 2.52. The summed E-state index contributed by atoms with van der Waals surface area (Å²) in [6.45, 7) is 4.99. The Morgan fingerprint density at radius 1 is 1.15 bits per heavy atom. The summed E-state index contributed by atoms with van der Waals surface area (Å²) in [5.41, 5.74) is 6.15. The van der Waals surface area contributed by atoms with E-state index in [0.717, 1.165) is 10.8 Å². The highest BCUT2D eigenvalue weighted by atomic mass is 16.5. The lowest BCUT2D eigenvalue weighted by Crippen LogP contribution is -2.61. The minimum absolute atomic E-state index is 0.00546. The molecule has 1 saturated heterocycles. The molecular weight excluding hydrogens is 340 g/mol. The van der Waals surface area contributed by atoms with Gasteiger partial charge < -0.3 is 15.4 Å². The Morgan fingerprint density at radius 3 is 2.37 bits per heavy atom. The maximum Gasteiger partial charge on any atom is 0.257 e. The summed E-state index contributed by atoms with van der Waals surface area (Å²) in [7, 11) is 1.58. The molecule has 2 aromatic rings. The third-order valence-electron chi connectivity index (χ3n) is 5.73. The second-order valence-electron chi connectivity index (χ2n) is 8.41. The summed E-state index contributed by atoms with van der Waals surface area (Å²) >= 11 is 0. The third kappa shape index (κ3) is 2.78. The molecule has 2 aliphatic rings. The van der Waals surface area contributed by atoms with Gasteiger partial charge in [0, 0.05) is 23.9 Å². The van der Waals surface area contributed by atoms with Crippen LogP contribution in [0.1, 0.15) is 30.6 Å². The summed E-state index contributed by atoms with van der Waals surface area (Å²) in [5, 5.41) is 2.04. The van der Waals surface area contributed by atoms with Gasteiger partial charge in [0.15, 0.2) is 5.78 Å². The second-order valence-corrected chi connectivity index (χ2v) is 8.41. The number of methoxy groups -OCH3 is 1. The molecule has 5 heteroatoms. The van der Waals surface area contributed by atoms with E-state index in [1.807, 2.05) is 61.2 Å². The molecule has 1 heterocycles. The largest absolute Gasteiger partial charge is 0.496 e. The Balaban J connectivity index is 1.61. The summed E-state index contributed by atoms with van der Waals surface area (Å²) < 4.78 is 5.47. The first-order valence-electron chi connectivity index (χ1n) is 9.14. The van der Waals surface area contributed by atoms with E-state index in [2.05, 4.69) is 0 Å². The smallest absolute Gasteiger partial charge is 0.257 e. The average Bonchev–Trinajstić information content (AvgIpc) is 2.61. The van der Waals surface area contributed by atoms with Crippen LogP contribution in [0.2, 0.25) is 0 Å². The zero-order valence-electron chi connectivity index (χ0n) is 15.9. The van der Waals surface area contributed by atoms with Crippen molar-refractivity contribution in [2.75, 3.05) is 20.2 Å². The number of nitrogens with zero attached hydrogens (tertiary/aromatic N) is 1. The number of hydrogen-bond donors (Lipinski definition) is 1. The molecule has 0 bridgehead atoms. The lowest BCUT2D eigenvalue weighted by molar-refractivity contribution is -0.127. The molecule has 1 aliphatic heterocycles. The summed E-state index contributed by atoms with van der Waals surface area (Å²) in [5.74, 6) is 0.521. The van der Waals surface area contributed by atoms with Crippen LogP contribution in [0.15, 0.2) is 48.2 Å². The topological polar surface area (TPSA) is 72.6 Å². The van der Waals surface area contributed by atoms with E-state index in [1.54, 1.807) is 7.11 Å². The zero-order chi connectivity index (χ0) is 19.4. The van der Waals surface area contributed by atoms with Gasteiger partial charge in [-0.25, -0.2) is 0 Å². The molecule has 2 N–H and O–H groups in total. The molecule has 2 aromatic carbocycles. The maximum absolute atomic E-state index is 13.1. The van der Waals surface area contributed by atoms with E-state index in [9.17, 15) is 9.59 Å². The highest BCUT2D eigenvalue weighted by Crippen LogP contribution is 2.47.